The zero-order chi connectivity index (χ0) is 20.6. The number of benzene rings is 2. The molecule has 6 nitrogen and oxygen atoms in total. The zero-order valence-corrected chi connectivity index (χ0v) is 16.5. The summed E-state index contributed by atoms with van der Waals surface area (Å²) in [4.78, 5) is 26.8. The number of para-hydroxylation sites is 1. The third-order valence-corrected chi connectivity index (χ3v) is 5.02. The SMILES string of the molecule is COc1ccccc1C1CNCCN1C(=O)CCCNC(=O)c1ccc(F)cc1. The number of carbonyl (C=O) groups excluding carboxylic acids is 2. The molecule has 1 saturated heterocycles. The van der Waals surface area contributed by atoms with Gasteiger partial charge in [0, 0.05) is 43.7 Å². The van der Waals surface area contributed by atoms with E-state index in [0.717, 1.165) is 17.9 Å². The van der Waals surface area contributed by atoms with Crippen LogP contribution in [0, 0.1) is 5.82 Å². The normalized spacial score (nSPS) is 16.3. The predicted octanol–water partition coefficient (Wildman–Crippen LogP) is 2.52. The molecule has 0 radical (unpaired) electrons. The maximum absolute atomic E-state index is 12.9. The van der Waals surface area contributed by atoms with Crippen molar-refractivity contribution in [2.75, 3.05) is 33.3 Å². The number of halogens is 1. The molecule has 0 spiro atoms. The van der Waals surface area contributed by atoms with Crippen LogP contribution in [-0.2, 0) is 4.79 Å². The summed E-state index contributed by atoms with van der Waals surface area (Å²) >= 11 is 0. The average Bonchev–Trinajstić information content (AvgIpc) is 2.76. The zero-order valence-electron chi connectivity index (χ0n) is 16.5. The van der Waals surface area contributed by atoms with Gasteiger partial charge in [0.25, 0.3) is 5.91 Å². The quantitative estimate of drug-likeness (QED) is 0.702. The van der Waals surface area contributed by atoms with Crippen LogP contribution in [-0.4, -0.2) is 50.0 Å². The van der Waals surface area contributed by atoms with Crippen molar-refractivity contribution in [3.8, 4) is 5.75 Å². The number of nitrogens with one attached hydrogen (secondary N) is 2. The van der Waals surface area contributed by atoms with Crippen molar-refractivity contribution in [3.63, 3.8) is 0 Å². The molecule has 154 valence electrons. The minimum atomic E-state index is -0.382. The minimum absolute atomic E-state index is 0.0541. The highest BCUT2D eigenvalue weighted by Gasteiger charge is 2.29. The van der Waals surface area contributed by atoms with Crippen molar-refractivity contribution in [2.24, 2.45) is 0 Å². The van der Waals surface area contributed by atoms with Crippen LogP contribution in [0.15, 0.2) is 48.5 Å². The molecule has 1 fully saturated rings. The monoisotopic (exact) mass is 399 g/mol. The van der Waals surface area contributed by atoms with E-state index in [1.807, 2.05) is 29.2 Å². The Bertz CT molecular complexity index is 841. The van der Waals surface area contributed by atoms with E-state index in [9.17, 15) is 14.0 Å². The molecule has 7 heteroatoms. The first-order valence-electron chi connectivity index (χ1n) is 9.77. The number of methoxy groups -OCH3 is 1. The van der Waals surface area contributed by atoms with Crippen molar-refractivity contribution in [3.05, 3.63) is 65.5 Å². The van der Waals surface area contributed by atoms with Crippen LogP contribution in [0.25, 0.3) is 0 Å². The second kappa shape index (κ2) is 10.0. The van der Waals surface area contributed by atoms with E-state index < -0.39 is 0 Å². The van der Waals surface area contributed by atoms with E-state index in [0.29, 0.717) is 38.0 Å². The smallest absolute Gasteiger partial charge is 0.251 e. The van der Waals surface area contributed by atoms with Crippen LogP contribution < -0.4 is 15.4 Å². The van der Waals surface area contributed by atoms with Gasteiger partial charge < -0.3 is 20.3 Å². The van der Waals surface area contributed by atoms with E-state index in [1.54, 1.807) is 7.11 Å². The molecule has 2 amide bonds. The van der Waals surface area contributed by atoms with Crippen LogP contribution >= 0.6 is 0 Å². The van der Waals surface area contributed by atoms with E-state index in [2.05, 4.69) is 10.6 Å². The largest absolute Gasteiger partial charge is 0.496 e. The number of amides is 2. The number of piperazine rings is 1. The Morgan fingerprint density at radius 2 is 1.97 bits per heavy atom. The number of carbonyl (C=O) groups is 2. The van der Waals surface area contributed by atoms with Crippen molar-refractivity contribution < 1.29 is 18.7 Å². The first kappa shape index (κ1) is 20.8. The van der Waals surface area contributed by atoms with Gasteiger partial charge in [-0.25, -0.2) is 4.39 Å². The van der Waals surface area contributed by atoms with Gasteiger partial charge in [-0.05, 0) is 36.8 Å². The molecule has 1 unspecified atom stereocenters. The fourth-order valence-electron chi connectivity index (χ4n) is 3.51. The van der Waals surface area contributed by atoms with Crippen LogP contribution in [0.1, 0.15) is 34.8 Å². The number of ether oxygens (including phenoxy) is 1. The Balaban J connectivity index is 1.53. The molecule has 29 heavy (non-hydrogen) atoms. The minimum Gasteiger partial charge on any atom is -0.496 e. The standard InChI is InChI=1S/C22H26FN3O3/c1-29-20-6-3-2-5-18(20)19-15-24-13-14-26(19)21(27)7-4-12-25-22(28)16-8-10-17(23)11-9-16/h2-3,5-6,8-11,19,24H,4,7,12-15H2,1H3,(H,25,28). The van der Waals surface area contributed by atoms with Gasteiger partial charge in [-0.15, -0.1) is 0 Å². The van der Waals surface area contributed by atoms with Crippen molar-refractivity contribution in [1.29, 1.82) is 0 Å². The van der Waals surface area contributed by atoms with E-state index in [-0.39, 0.29) is 23.7 Å². The number of hydrogen-bond acceptors (Lipinski definition) is 4. The van der Waals surface area contributed by atoms with Gasteiger partial charge >= 0.3 is 0 Å². The van der Waals surface area contributed by atoms with Crippen LogP contribution in [0.2, 0.25) is 0 Å². The first-order chi connectivity index (χ1) is 14.1. The Kier molecular flexibility index (Phi) is 7.19. The highest BCUT2D eigenvalue weighted by atomic mass is 19.1. The molecule has 0 saturated carbocycles. The molecule has 0 aromatic heterocycles. The summed E-state index contributed by atoms with van der Waals surface area (Å²) in [5.74, 6) is 0.170. The summed E-state index contributed by atoms with van der Waals surface area (Å²) in [6.45, 7) is 2.43. The maximum Gasteiger partial charge on any atom is 0.251 e. The molecule has 1 atom stereocenters. The number of rotatable bonds is 7. The summed E-state index contributed by atoms with van der Waals surface area (Å²) in [6, 6.07) is 13.0. The molecule has 1 aliphatic rings. The predicted molar refractivity (Wildman–Crippen MR) is 108 cm³/mol. The van der Waals surface area contributed by atoms with Gasteiger partial charge in [0.15, 0.2) is 0 Å². The molecular weight excluding hydrogens is 373 g/mol. The van der Waals surface area contributed by atoms with Crippen LogP contribution in [0.3, 0.4) is 0 Å². The molecule has 0 aliphatic carbocycles. The Morgan fingerprint density at radius 1 is 1.21 bits per heavy atom. The van der Waals surface area contributed by atoms with Crippen LogP contribution in [0.4, 0.5) is 4.39 Å². The third kappa shape index (κ3) is 5.32. The van der Waals surface area contributed by atoms with Gasteiger partial charge in [0.1, 0.15) is 11.6 Å². The van der Waals surface area contributed by atoms with Gasteiger partial charge in [-0.2, -0.15) is 0 Å². The second-order valence-electron chi connectivity index (χ2n) is 6.92. The fraction of sp³-hybridized carbons (Fsp3) is 0.364. The molecule has 2 N–H and O–H groups in total. The number of hydrogen-bond donors (Lipinski definition) is 2. The Morgan fingerprint density at radius 3 is 2.72 bits per heavy atom. The highest BCUT2D eigenvalue weighted by Crippen LogP contribution is 2.30. The lowest BCUT2D eigenvalue weighted by molar-refractivity contribution is -0.134. The van der Waals surface area contributed by atoms with Crippen molar-refractivity contribution in [1.82, 2.24) is 15.5 Å². The van der Waals surface area contributed by atoms with E-state index in [1.165, 1.54) is 24.3 Å². The molecule has 2 aromatic rings. The lowest BCUT2D eigenvalue weighted by Gasteiger charge is -2.37. The molecular formula is C22H26FN3O3. The molecule has 2 aromatic carbocycles. The lowest BCUT2D eigenvalue weighted by atomic mass is 10.0. The highest BCUT2D eigenvalue weighted by molar-refractivity contribution is 5.94. The summed E-state index contributed by atoms with van der Waals surface area (Å²) in [5, 5.41) is 6.11. The van der Waals surface area contributed by atoms with Gasteiger partial charge in [0.05, 0.1) is 13.2 Å². The number of nitrogens with zero attached hydrogens (tertiary/aromatic N) is 1. The van der Waals surface area contributed by atoms with E-state index >= 15 is 0 Å². The molecule has 3 rings (SSSR count). The molecule has 0 bridgehead atoms. The first-order valence-corrected chi connectivity index (χ1v) is 9.77. The summed E-state index contributed by atoms with van der Waals surface area (Å²) < 4.78 is 18.4. The molecule has 1 aliphatic heterocycles. The van der Waals surface area contributed by atoms with Gasteiger partial charge in [-0.1, -0.05) is 18.2 Å². The Labute approximate surface area is 170 Å². The topological polar surface area (TPSA) is 70.7 Å². The van der Waals surface area contributed by atoms with Gasteiger partial charge in [-0.3, -0.25) is 9.59 Å². The third-order valence-electron chi connectivity index (χ3n) is 5.02. The van der Waals surface area contributed by atoms with Gasteiger partial charge in [0.2, 0.25) is 5.91 Å². The fourth-order valence-corrected chi connectivity index (χ4v) is 3.51. The summed E-state index contributed by atoms with van der Waals surface area (Å²) in [5.41, 5.74) is 1.39. The van der Waals surface area contributed by atoms with Crippen molar-refractivity contribution >= 4 is 11.8 Å². The lowest BCUT2D eigenvalue weighted by Crippen LogP contribution is -2.48. The summed E-state index contributed by atoms with van der Waals surface area (Å²) in [7, 11) is 1.63. The van der Waals surface area contributed by atoms with E-state index in [4.69, 9.17) is 4.74 Å². The van der Waals surface area contributed by atoms with Crippen LogP contribution in [0.5, 0.6) is 5.75 Å². The average molecular weight is 399 g/mol. The second-order valence-corrected chi connectivity index (χ2v) is 6.92. The molecule has 1 heterocycles. The maximum atomic E-state index is 12.9. The summed E-state index contributed by atoms with van der Waals surface area (Å²) in [6.07, 6.45) is 0.879. The Hall–Kier alpha value is -2.93. The van der Waals surface area contributed by atoms with Crippen molar-refractivity contribution in [2.45, 2.75) is 18.9 Å².